The van der Waals surface area contributed by atoms with Crippen molar-refractivity contribution in [2.45, 2.75) is 89.1 Å². The summed E-state index contributed by atoms with van der Waals surface area (Å²) >= 11 is 0. The molecule has 12 heteroatoms. The van der Waals surface area contributed by atoms with E-state index >= 15 is 0 Å². The van der Waals surface area contributed by atoms with Gasteiger partial charge in [0.15, 0.2) is 6.29 Å². The summed E-state index contributed by atoms with van der Waals surface area (Å²) in [5.41, 5.74) is 9.30. The molecule has 56 heavy (non-hydrogen) atoms. The highest BCUT2D eigenvalue weighted by Crippen LogP contribution is 2.39. The number of hydrogen-bond acceptors (Lipinski definition) is 8. The van der Waals surface area contributed by atoms with Crippen molar-refractivity contribution in [1.29, 1.82) is 0 Å². The van der Waals surface area contributed by atoms with E-state index < -0.39 is 12.2 Å². The lowest BCUT2D eigenvalue weighted by Crippen LogP contribution is -2.43. The molecule has 4 aromatic carbocycles. The first-order valence-electron chi connectivity index (χ1n) is 19.7. The van der Waals surface area contributed by atoms with Crippen LogP contribution in [0.2, 0.25) is 0 Å². The van der Waals surface area contributed by atoms with Crippen LogP contribution < -0.4 is 16.5 Å². The van der Waals surface area contributed by atoms with Crippen LogP contribution in [-0.4, -0.2) is 62.3 Å². The minimum absolute atomic E-state index is 0.0127. The molecule has 2 aliphatic heterocycles. The number of aromatic nitrogens is 2. The van der Waals surface area contributed by atoms with Gasteiger partial charge in [-0.2, -0.15) is 0 Å². The molecule has 2 saturated heterocycles. The van der Waals surface area contributed by atoms with E-state index in [-0.39, 0.29) is 42.9 Å². The Labute approximate surface area is 326 Å². The molecule has 294 valence electrons. The number of H-pyrrole nitrogens is 1. The van der Waals surface area contributed by atoms with Crippen LogP contribution in [0.15, 0.2) is 102 Å². The maximum absolute atomic E-state index is 12.9. The fourth-order valence-corrected chi connectivity index (χ4v) is 7.90. The van der Waals surface area contributed by atoms with Crippen LogP contribution in [0.5, 0.6) is 0 Å². The average molecular weight is 762 g/mol. The number of aliphatic hydroxyl groups excluding tert-OH is 1. The van der Waals surface area contributed by atoms with Gasteiger partial charge in [0.25, 0.3) is 0 Å². The maximum Gasteiger partial charge on any atom is 0.326 e. The molecular weight excluding hydrogens is 711 g/mol. The van der Waals surface area contributed by atoms with Gasteiger partial charge >= 0.3 is 5.69 Å². The molecule has 0 unspecified atom stereocenters. The molecule has 0 spiro atoms. The summed E-state index contributed by atoms with van der Waals surface area (Å²) in [5, 5.41) is 21.2. The lowest BCUT2D eigenvalue weighted by molar-refractivity contribution is -0.253. The SMILES string of the molecule is O=C(CCCCCC(=O)NCc1cccc(-c2ccc([C@@H]3O[C@H](CN4CCC(n5c(=O)[nH]c6ccccc65)CC4)C[C@H](c4ccc(CO)cc4)O3)cc2)c1)NO. The van der Waals surface area contributed by atoms with Gasteiger partial charge < -0.3 is 29.8 Å². The monoisotopic (exact) mass is 761 g/mol. The predicted molar refractivity (Wildman–Crippen MR) is 212 cm³/mol. The van der Waals surface area contributed by atoms with Crippen LogP contribution >= 0.6 is 0 Å². The average Bonchev–Trinajstić information content (AvgIpc) is 3.58. The fourth-order valence-electron chi connectivity index (χ4n) is 7.90. The number of rotatable bonds is 15. The van der Waals surface area contributed by atoms with Crippen molar-refractivity contribution in [2.24, 2.45) is 0 Å². The highest BCUT2D eigenvalue weighted by molar-refractivity contribution is 5.76. The van der Waals surface area contributed by atoms with Crippen LogP contribution in [0.4, 0.5) is 0 Å². The molecule has 0 radical (unpaired) electrons. The third-order valence-electron chi connectivity index (χ3n) is 11.0. The number of likely N-dealkylation sites (tertiary alicyclic amines) is 1. The third-order valence-corrected chi connectivity index (χ3v) is 11.0. The second-order valence-corrected chi connectivity index (χ2v) is 14.9. The van der Waals surface area contributed by atoms with Crippen molar-refractivity contribution in [3.05, 3.63) is 130 Å². The van der Waals surface area contributed by atoms with Crippen LogP contribution in [0.1, 0.15) is 92.1 Å². The third kappa shape index (κ3) is 9.81. The summed E-state index contributed by atoms with van der Waals surface area (Å²) in [6.45, 7) is 2.89. The molecule has 5 N–H and O–H groups in total. The van der Waals surface area contributed by atoms with Crippen LogP contribution in [0, 0.1) is 0 Å². The van der Waals surface area contributed by atoms with E-state index in [0.29, 0.717) is 32.2 Å². The van der Waals surface area contributed by atoms with Gasteiger partial charge in [-0.05, 0) is 71.7 Å². The first-order chi connectivity index (χ1) is 27.4. The number of piperidine rings is 1. The number of para-hydroxylation sites is 2. The number of hydroxylamine groups is 1. The number of carbonyl (C=O) groups excluding carboxylic acids is 2. The molecule has 3 heterocycles. The Morgan fingerprint density at radius 3 is 2.27 bits per heavy atom. The van der Waals surface area contributed by atoms with Gasteiger partial charge in [0.2, 0.25) is 11.8 Å². The Balaban J connectivity index is 0.978. The zero-order valence-corrected chi connectivity index (χ0v) is 31.6. The smallest absolute Gasteiger partial charge is 0.326 e. The lowest BCUT2D eigenvalue weighted by atomic mass is 9.98. The van der Waals surface area contributed by atoms with E-state index in [0.717, 1.165) is 83.3 Å². The van der Waals surface area contributed by atoms with E-state index in [4.69, 9.17) is 14.7 Å². The molecule has 2 aliphatic rings. The summed E-state index contributed by atoms with van der Waals surface area (Å²) in [6, 6.07) is 32.3. The van der Waals surface area contributed by atoms with E-state index in [2.05, 4.69) is 51.6 Å². The molecule has 2 fully saturated rings. The number of aromatic amines is 1. The zero-order valence-electron chi connectivity index (χ0n) is 31.6. The molecule has 5 aromatic rings. The minimum Gasteiger partial charge on any atom is -0.392 e. The molecule has 3 atom stereocenters. The number of hydrogen-bond donors (Lipinski definition) is 5. The number of aliphatic hydroxyl groups is 1. The summed E-state index contributed by atoms with van der Waals surface area (Å²) in [7, 11) is 0. The van der Waals surface area contributed by atoms with Crippen molar-refractivity contribution in [3.8, 4) is 11.1 Å². The number of nitrogens with one attached hydrogen (secondary N) is 3. The summed E-state index contributed by atoms with van der Waals surface area (Å²) in [4.78, 5) is 41.9. The van der Waals surface area contributed by atoms with Gasteiger partial charge in [0.05, 0.1) is 29.8 Å². The maximum atomic E-state index is 12.9. The van der Waals surface area contributed by atoms with E-state index in [1.54, 1.807) is 5.48 Å². The standard InChI is InChI=1S/C44H51N5O7/c50-29-30-13-15-33(16-14-30)40-26-37(28-48-23-21-36(22-24-48)49-39-10-5-4-9-38(39)46-44(49)53)55-43(56-40)34-19-17-32(18-20-34)35-8-6-7-31(25-35)27-45-41(51)11-2-1-3-12-42(52)47-54/h4-10,13-20,25,36-37,40,43,50,54H,1-3,11-12,21-24,26-29H2,(H,45,51)(H,46,53)(H,47,52)/t37-,40+,43+/m0/s1. The van der Waals surface area contributed by atoms with Crippen LogP contribution in [0.3, 0.4) is 0 Å². The Kier molecular flexibility index (Phi) is 13.1. The van der Waals surface area contributed by atoms with Crippen molar-refractivity contribution < 1.29 is 29.4 Å². The minimum atomic E-state index is -0.568. The zero-order chi connectivity index (χ0) is 38.9. The van der Waals surface area contributed by atoms with Gasteiger partial charge in [0, 0.05) is 57.0 Å². The Morgan fingerprint density at radius 1 is 0.786 bits per heavy atom. The fraction of sp³-hybridized carbons (Fsp3) is 0.386. The lowest BCUT2D eigenvalue weighted by Gasteiger charge is -2.40. The Hall–Kier alpha value is -5.11. The summed E-state index contributed by atoms with van der Waals surface area (Å²) in [5.74, 6) is -0.447. The molecule has 1 aromatic heterocycles. The van der Waals surface area contributed by atoms with Gasteiger partial charge in [-0.25, -0.2) is 10.3 Å². The number of amides is 2. The Bertz CT molecular complexity index is 2120. The second kappa shape index (κ2) is 18.7. The number of unbranched alkanes of at least 4 members (excludes halogenated alkanes) is 2. The van der Waals surface area contributed by atoms with Gasteiger partial charge in [0.1, 0.15) is 0 Å². The molecule has 12 nitrogen and oxygen atoms in total. The van der Waals surface area contributed by atoms with Gasteiger partial charge in [-0.15, -0.1) is 0 Å². The van der Waals surface area contributed by atoms with Gasteiger partial charge in [-0.1, -0.05) is 85.3 Å². The van der Waals surface area contributed by atoms with Crippen molar-refractivity contribution in [3.63, 3.8) is 0 Å². The predicted octanol–water partition coefficient (Wildman–Crippen LogP) is 6.44. The van der Waals surface area contributed by atoms with E-state index in [1.165, 1.54) is 0 Å². The summed E-state index contributed by atoms with van der Waals surface area (Å²) < 4.78 is 15.3. The normalized spacial score (nSPS) is 19.2. The van der Waals surface area contributed by atoms with E-state index in [9.17, 15) is 19.5 Å². The molecule has 0 aliphatic carbocycles. The quantitative estimate of drug-likeness (QED) is 0.0463. The highest BCUT2D eigenvalue weighted by Gasteiger charge is 2.34. The Morgan fingerprint density at radius 2 is 1.52 bits per heavy atom. The van der Waals surface area contributed by atoms with Gasteiger partial charge in [-0.3, -0.25) is 19.4 Å². The molecular formula is C44H51N5O7. The van der Waals surface area contributed by atoms with Crippen molar-refractivity contribution in [1.82, 2.24) is 25.2 Å². The number of nitrogens with zero attached hydrogens (tertiary/aromatic N) is 2. The number of fused-ring (bicyclic) bond motifs is 1. The number of carbonyl (C=O) groups is 2. The first-order valence-corrected chi connectivity index (χ1v) is 19.7. The molecule has 7 rings (SSSR count). The first kappa shape index (κ1) is 39.1. The molecule has 0 bridgehead atoms. The van der Waals surface area contributed by atoms with Crippen LogP contribution in [-0.2, 0) is 32.2 Å². The number of ether oxygens (including phenoxy) is 2. The topological polar surface area (TPSA) is 158 Å². The van der Waals surface area contributed by atoms with E-state index in [1.807, 2.05) is 65.2 Å². The van der Waals surface area contributed by atoms with Crippen molar-refractivity contribution in [2.75, 3.05) is 19.6 Å². The summed E-state index contributed by atoms with van der Waals surface area (Å²) in [6.07, 6.45) is 4.28. The molecule has 2 amide bonds. The van der Waals surface area contributed by atoms with Crippen molar-refractivity contribution >= 4 is 22.8 Å². The highest BCUT2D eigenvalue weighted by atomic mass is 16.7. The number of imidazole rings is 1. The van der Waals surface area contributed by atoms with Crippen LogP contribution in [0.25, 0.3) is 22.2 Å². The second-order valence-electron chi connectivity index (χ2n) is 14.9. The largest absolute Gasteiger partial charge is 0.392 e. The number of benzene rings is 4. The molecule has 0 saturated carbocycles.